The fraction of sp³-hybridized carbons (Fsp3) is 0.312. The molecule has 0 bridgehead atoms. The van der Waals surface area contributed by atoms with E-state index in [2.05, 4.69) is 35.3 Å². The summed E-state index contributed by atoms with van der Waals surface area (Å²) in [6.45, 7) is 6.87. The first-order valence-electron chi connectivity index (χ1n) is 6.34. The minimum atomic E-state index is 0.732. The monoisotopic (exact) mass is 240 g/mol. The van der Waals surface area contributed by atoms with Crippen LogP contribution in [0, 0.1) is 19.3 Å². The molecule has 2 aromatic rings. The van der Waals surface area contributed by atoms with Gasteiger partial charge in [0.1, 0.15) is 0 Å². The van der Waals surface area contributed by atoms with Crippen molar-refractivity contribution in [3.8, 4) is 12.3 Å². The maximum absolute atomic E-state index is 5.23. The molecule has 0 aliphatic rings. The van der Waals surface area contributed by atoms with E-state index in [1.807, 2.05) is 32.2 Å². The fourth-order valence-corrected chi connectivity index (χ4v) is 1.75. The maximum Gasteiger partial charge on any atom is 0.0751 e. The summed E-state index contributed by atoms with van der Waals surface area (Å²) in [7, 11) is 0. The highest BCUT2D eigenvalue weighted by Gasteiger charge is 2.02. The van der Waals surface area contributed by atoms with Gasteiger partial charge in [0.15, 0.2) is 0 Å². The van der Waals surface area contributed by atoms with Crippen molar-refractivity contribution in [2.24, 2.45) is 0 Å². The quantitative estimate of drug-likeness (QED) is 0.648. The molecule has 94 valence electrons. The summed E-state index contributed by atoms with van der Waals surface area (Å²) in [4.78, 5) is 4.39. The minimum Gasteiger partial charge on any atom is -0.383 e. The van der Waals surface area contributed by atoms with Gasteiger partial charge in [0.05, 0.1) is 5.52 Å². The van der Waals surface area contributed by atoms with Crippen LogP contribution in [0.25, 0.3) is 10.9 Å². The number of terminal acetylenes is 1. The molecular formula is C16H20N2. The van der Waals surface area contributed by atoms with Gasteiger partial charge in [0, 0.05) is 30.2 Å². The molecule has 1 heterocycles. The second-order valence-corrected chi connectivity index (χ2v) is 3.71. The Morgan fingerprint density at radius 3 is 2.78 bits per heavy atom. The van der Waals surface area contributed by atoms with Crippen LogP contribution in [-0.2, 0) is 0 Å². The molecule has 0 spiro atoms. The van der Waals surface area contributed by atoms with Crippen LogP contribution in [0.4, 0.5) is 5.69 Å². The Labute approximate surface area is 109 Å². The molecule has 0 saturated heterocycles. The zero-order valence-corrected chi connectivity index (χ0v) is 11.3. The molecule has 0 radical (unpaired) electrons. The van der Waals surface area contributed by atoms with Crippen molar-refractivity contribution in [1.82, 2.24) is 4.98 Å². The van der Waals surface area contributed by atoms with Gasteiger partial charge in [-0.3, -0.25) is 4.98 Å². The number of hydrogen-bond acceptors (Lipinski definition) is 2. The lowest BCUT2D eigenvalue weighted by atomic mass is 10.1. The first-order chi connectivity index (χ1) is 8.83. The highest BCUT2D eigenvalue weighted by Crippen LogP contribution is 2.23. The normalized spacial score (nSPS) is 9.22. The molecule has 0 saturated carbocycles. The number of anilines is 1. The first-order valence-corrected chi connectivity index (χ1v) is 6.34. The van der Waals surface area contributed by atoms with Crippen LogP contribution in [0.2, 0.25) is 0 Å². The van der Waals surface area contributed by atoms with E-state index in [4.69, 9.17) is 6.42 Å². The van der Waals surface area contributed by atoms with E-state index in [-0.39, 0.29) is 0 Å². The van der Waals surface area contributed by atoms with Crippen LogP contribution < -0.4 is 5.32 Å². The number of benzene rings is 1. The zero-order chi connectivity index (χ0) is 13.4. The van der Waals surface area contributed by atoms with E-state index >= 15 is 0 Å². The highest BCUT2D eigenvalue weighted by atomic mass is 14.9. The number of nitrogens with one attached hydrogen (secondary N) is 1. The van der Waals surface area contributed by atoms with Crippen LogP contribution >= 0.6 is 0 Å². The standard InChI is InChI=1S/C14H14N2.C2H6/c1-3-4-9-15-13-8-10-16-14-11(2)6-5-7-12(13)14;1-2/h1,5-8,10H,4,9H2,2H3,(H,15,16);1-2H3. The number of aromatic nitrogens is 1. The van der Waals surface area contributed by atoms with E-state index in [0.29, 0.717) is 0 Å². The molecule has 0 aliphatic carbocycles. The zero-order valence-electron chi connectivity index (χ0n) is 11.3. The van der Waals surface area contributed by atoms with Crippen LogP contribution in [0.5, 0.6) is 0 Å². The molecule has 0 fully saturated rings. The third kappa shape index (κ3) is 3.24. The lowest BCUT2D eigenvalue weighted by Gasteiger charge is -2.09. The molecule has 0 amide bonds. The summed E-state index contributed by atoms with van der Waals surface area (Å²) < 4.78 is 0. The predicted molar refractivity (Wildman–Crippen MR) is 79.8 cm³/mol. The summed E-state index contributed by atoms with van der Waals surface area (Å²) >= 11 is 0. The van der Waals surface area contributed by atoms with Crippen LogP contribution in [-0.4, -0.2) is 11.5 Å². The van der Waals surface area contributed by atoms with Gasteiger partial charge < -0.3 is 5.32 Å². The van der Waals surface area contributed by atoms with E-state index < -0.39 is 0 Å². The van der Waals surface area contributed by atoms with Gasteiger partial charge >= 0.3 is 0 Å². The number of pyridine rings is 1. The first kappa shape index (κ1) is 14.1. The summed E-state index contributed by atoms with van der Waals surface area (Å²) in [6.07, 6.45) is 7.79. The highest BCUT2D eigenvalue weighted by molar-refractivity contribution is 5.92. The Balaban J connectivity index is 0.000000771. The van der Waals surface area contributed by atoms with Crippen LogP contribution in [0.1, 0.15) is 25.8 Å². The smallest absolute Gasteiger partial charge is 0.0751 e. The molecular weight excluding hydrogens is 220 g/mol. The van der Waals surface area contributed by atoms with Crippen molar-refractivity contribution in [3.05, 3.63) is 36.0 Å². The Morgan fingerprint density at radius 2 is 2.06 bits per heavy atom. The molecule has 1 N–H and O–H groups in total. The second kappa shape index (κ2) is 7.34. The lowest BCUT2D eigenvalue weighted by molar-refractivity contribution is 1.10. The third-order valence-corrected chi connectivity index (χ3v) is 2.56. The van der Waals surface area contributed by atoms with Gasteiger partial charge in [0.25, 0.3) is 0 Å². The summed E-state index contributed by atoms with van der Waals surface area (Å²) in [6, 6.07) is 8.18. The number of aryl methyl sites for hydroxylation is 1. The molecule has 2 nitrogen and oxygen atoms in total. The molecule has 0 atom stereocenters. The van der Waals surface area contributed by atoms with E-state index in [0.717, 1.165) is 29.6 Å². The SMILES string of the molecule is C#CCCNc1ccnc2c(C)cccc12.CC. The molecule has 2 heteroatoms. The predicted octanol–water partition coefficient (Wildman–Crippen LogP) is 4.00. The van der Waals surface area contributed by atoms with E-state index in [1.54, 1.807) is 0 Å². The van der Waals surface area contributed by atoms with Gasteiger partial charge in [-0.25, -0.2) is 0 Å². The van der Waals surface area contributed by atoms with Crippen molar-refractivity contribution in [3.63, 3.8) is 0 Å². The molecule has 0 aliphatic heterocycles. The van der Waals surface area contributed by atoms with Gasteiger partial charge in [-0.2, -0.15) is 0 Å². The van der Waals surface area contributed by atoms with Gasteiger partial charge in [-0.1, -0.05) is 32.0 Å². The Hall–Kier alpha value is -2.01. The molecule has 2 rings (SSSR count). The van der Waals surface area contributed by atoms with E-state index in [1.165, 1.54) is 5.56 Å². The molecule has 1 aromatic heterocycles. The number of hydrogen-bond donors (Lipinski definition) is 1. The van der Waals surface area contributed by atoms with Gasteiger partial charge in [-0.05, 0) is 18.6 Å². The van der Waals surface area contributed by atoms with E-state index in [9.17, 15) is 0 Å². The Bertz CT molecular complexity index is 538. The summed E-state index contributed by atoms with van der Waals surface area (Å²) in [5.74, 6) is 2.62. The number of fused-ring (bicyclic) bond motifs is 1. The van der Waals surface area contributed by atoms with Crippen molar-refractivity contribution in [2.75, 3.05) is 11.9 Å². The van der Waals surface area contributed by atoms with Gasteiger partial charge in [0.2, 0.25) is 0 Å². The number of rotatable bonds is 3. The number of nitrogens with zero attached hydrogens (tertiary/aromatic N) is 1. The molecule has 1 aromatic carbocycles. The van der Waals surface area contributed by atoms with Crippen LogP contribution in [0.15, 0.2) is 30.5 Å². The van der Waals surface area contributed by atoms with Gasteiger partial charge in [-0.15, -0.1) is 12.3 Å². The Morgan fingerprint density at radius 1 is 1.28 bits per heavy atom. The molecule has 0 unspecified atom stereocenters. The molecule has 18 heavy (non-hydrogen) atoms. The summed E-state index contributed by atoms with van der Waals surface area (Å²) in [5, 5.41) is 4.49. The fourth-order valence-electron chi connectivity index (χ4n) is 1.75. The average molecular weight is 240 g/mol. The van der Waals surface area contributed by atoms with Crippen molar-refractivity contribution in [1.29, 1.82) is 0 Å². The largest absolute Gasteiger partial charge is 0.383 e. The van der Waals surface area contributed by atoms with Crippen LogP contribution in [0.3, 0.4) is 0 Å². The van der Waals surface area contributed by atoms with Crippen molar-refractivity contribution >= 4 is 16.6 Å². The lowest BCUT2D eigenvalue weighted by Crippen LogP contribution is -2.01. The topological polar surface area (TPSA) is 24.9 Å². The van der Waals surface area contributed by atoms with Crippen molar-refractivity contribution in [2.45, 2.75) is 27.2 Å². The summed E-state index contributed by atoms with van der Waals surface area (Å²) in [5.41, 5.74) is 3.34. The number of para-hydroxylation sites is 1. The Kier molecular flexibility index (Phi) is 5.73. The third-order valence-electron chi connectivity index (χ3n) is 2.56. The average Bonchev–Trinajstić information content (AvgIpc) is 2.42. The minimum absolute atomic E-state index is 0.732. The van der Waals surface area contributed by atoms with Crippen molar-refractivity contribution < 1.29 is 0 Å². The second-order valence-electron chi connectivity index (χ2n) is 3.71. The maximum atomic E-state index is 5.23.